The number of carboxylic acid groups (broad SMARTS) is 2. The number of hydrogen-bond donors (Lipinski definition) is 4. The topological polar surface area (TPSA) is 130 Å². The Labute approximate surface area is 115 Å². The van der Waals surface area contributed by atoms with Crippen molar-refractivity contribution in [2.24, 2.45) is 5.73 Å². The Hall–Kier alpha value is -2.41. The van der Waals surface area contributed by atoms with Crippen molar-refractivity contribution >= 4 is 17.8 Å². The van der Waals surface area contributed by atoms with E-state index in [1.165, 1.54) is 0 Å². The summed E-state index contributed by atoms with van der Waals surface area (Å²) in [4.78, 5) is 33.2. The molecule has 0 aliphatic heterocycles. The van der Waals surface area contributed by atoms with Gasteiger partial charge in [-0.25, -0.2) is 4.79 Å². The number of nitrogens with one attached hydrogen (secondary N) is 1. The predicted molar refractivity (Wildman–Crippen MR) is 69.9 cm³/mol. The molecule has 0 aliphatic rings. The van der Waals surface area contributed by atoms with Crippen LogP contribution in [0.2, 0.25) is 0 Å². The average molecular weight is 280 g/mol. The quantitative estimate of drug-likeness (QED) is 0.537. The minimum Gasteiger partial charge on any atom is -0.481 e. The molecule has 5 N–H and O–H groups in total. The molecule has 1 aromatic carbocycles. The Kier molecular flexibility index (Phi) is 5.67. The lowest BCUT2D eigenvalue weighted by Crippen LogP contribution is -2.49. The number of carbonyl (C=O) groups is 3. The molecule has 7 heteroatoms. The highest BCUT2D eigenvalue weighted by atomic mass is 16.4. The average Bonchev–Trinajstić information content (AvgIpc) is 2.38. The molecule has 1 aromatic rings. The third-order valence-corrected chi connectivity index (χ3v) is 2.63. The van der Waals surface area contributed by atoms with E-state index in [2.05, 4.69) is 5.32 Å². The highest BCUT2D eigenvalue weighted by Gasteiger charge is 2.24. The summed E-state index contributed by atoms with van der Waals surface area (Å²) >= 11 is 0. The molecule has 0 saturated heterocycles. The van der Waals surface area contributed by atoms with E-state index in [1.807, 2.05) is 0 Å². The van der Waals surface area contributed by atoms with Crippen LogP contribution in [0, 0.1) is 0 Å². The zero-order valence-electron chi connectivity index (χ0n) is 10.7. The van der Waals surface area contributed by atoms with Crippen molar-refractivity contribution in [1.29, 1.82) is 0 Å². The molecule has 0 fully saturated rings. The molecule has 0 unspecified atom stereocenters. The van der Waals surface area contributed by atoms with E-state index >= 15 is 0 Å². The number of benzene rings is 1. The summed E-state index contributed by atoms with van der Waals surface area (Å²) < 4.78 is 0. The molecule has 0 spiro atoms. The molecule has 1 amide bonds. The van der Waals surface area contributed by atoms with Gasteiger partial charge < -0.3 is 21.3 Å². The van der Waals surface area contributed by atoms with Gasteiger partial charge in [-0.05, 0) is 5.56 Å². The van der Waals surface area contributed by atoms with Crippen molar-refractivity contribution in [1.82, 2.24) is 5.32 Å². The van der Waals surface area contributed by atoms with Crippen molar-refractivity contribution < 1.29 is 24.6 Å². The first-order chi connectivity index (χ1) is 9.40. The van der Waals surface area contributed by atoms with Crippen molar-refractivity contribution in [2.45, 2.75) is 24.9 Å². The van der Waals surface area contributed by atoms with Crippen LogP contribution in [-0.4, -0.2) is 40.1 Å². The summed E-state index contributed by atoms with van der Waals surface area (Å²) in [5.74, 6) is -3.22. The highest BCUT2D eigenvalue weighted by molar-refractivity contribution is 5.89. The third-order valence-electron chi connectivity index (χ3n) is 2.63. The molecular formula is C13H16N2O5. The number of amides is 1. The Bertz CT molecular complexity index is 489. The van der Waals surface area contributed by atoms with Crippen molar-refractivity contribution in [3.05, 3.63) is 35.9 Å². The zero-order valence-corrected chi connectivity index (χ0v) is 10.7. The van der Waals surface area contributed by atoms with E-state index in [9.17, 15) is 14.4 Å². The zero-order chi connectivity index (χ0) is 15.1. The van der Waals surface area contributed by atoms with E-state index < -0.39 is 36.4 Å². The van der Waals surface area contributed by atoms with E-state index in [1.54, 1.807) is 30.3 Å². The van der Waals surface area contributed by atoms with Crippen LogP contribution in [0.1, 0.15) is 12.0 Å². The number of rotatable bonds is 7. The molecule has 0 heterocycles. The smallest absolute Gasteiger partial charge is 0.326 e. The van der Waals surface area contributed by atoms with E-state index in [-0.39, 0.29) is 6.42 Å². The number of hydrogen-bond acceptors (Lipinski definition) is 4. The van der Waals surface area contributed by atoms with Gasteiger partial charge in [0.2, 0.25) is 5.91 Å². The Balaban J connectivity index is 2.66. The van der Waals surface area contributed by atoms with Crippen molar-refractivity contribution in [3.63, 3.8) is 0 Å². The van der Waals surface area contributed by atoms with Crippen LogP contribution < -0.4 is 11.1 Å². The summed E-state index contributed by atoms with van der Waals surface area (Å²) in [5, 5.41) is 19.9. The Morgan fingerprint density at radius 1 is 1.15 bits per heavy atom. The summed E-state index contributed by atoms with van der Waals surface area (Å²) in [6, 6.07) is 6.35. The van der Waals surface area contributed by atoms with E-state index in [4.69, 9.17) is 15.9 Å². The Morgan fingerprint density at radius 3 is 2.25 bits per heavy atom. The third kappa shape index (κ3) is 5.07. The second-order valence-corrected chi connectivity index (χ2v) is 4.29. The van der Waals surface area contributed by atoms with Gasteiger partial charge in [-0.15, -0.1) is 0 Å². The van der Waals surface area contributed by atoms with Gasteiger partial charge in [0.15, 0.2) is 0 Å². The molecule has 0 saturated carbocycles. The first-order valence-electron chi connectivity index (χ1n) is 5.94. The van der Waals surface area contributed by atoms with Crippen LogP contribution in [0.25, 0.3) is 0 Å². The number of nitrogens with two attached hydrogens (primary N) is 1. The van der Waals surface area contributed by atoms with Crippen LogP contribution in [-0.2, 0) is 20.8 Å². The van der Waals surface area contributed by atoms with Gasteiger partial charge in [-0.1, -0.05) is 30.3 Å². The predicted octanol–water partition coefficient (Wildman–Crippen LogP) is -0.399. The molecule has 0 aromatic heterocycles. The van der Waals surface area contributed by atoms with Gasteiger partial charge in [-0.2, -0.15) is 0 Å². The monoisotopic (exact) mass is 280 g/mol. The molecule has 108 valence electrons. The maximum atomic E-state index is 11.6. The lowest BCUT2D eigenvalue weighted by atomic mass is 10.1. The summed E-state index contributed by atoms with van der Waals surface area (Å²) in [6.45, 7) is 0. The second kappa shape index (κ2) is 7.25. The number of carbonyl (C=O) groups excluding carboxylic acids is 1. The first-order valence-corrected chi connectivity index (χ1v) is 5.94. The summed E-state index contributed by atoms with van der Waals surface area (Å²) in [5.41, 5.74) is 6.12. The van der Waals surface area contributed by atoms with Crippen molar-refractivity contribution in [2.75, 3.05) is 0 Å². The van der Waals surface area contributed by atoms with Crippen LogP contribution in [0.3, 0.4) is 0 Å². The normalized spacial score (nSPS) is 13.2. The second-order valence-electron chi connectivity index (χ2n) is 4.29. The molecular weight excluding hydrogens is 264 g/mol. The van der Waals surface area contributed by atoms with Crippen LogP contribution >= 0.6 is 0 Å². The van der Waals surface area contributed by atoms with Gasteiger partial charge in [0.05, 0.1) is 12.5 Å². The lowest BCUT2D eigenvalue weighted by Gasteiger charge is -2.17. The van der Waals surface area contributed by atoms with Gasteiger partial charge >= 0.3 is 11.9 Å². The van der Waals surface area contributed by atoms with Crippen LogP contribution in [0.5, 0.6) is 0 Å². The molecule has 7 nitrogen and oxygen atoms in total. The maximum Gasteiger partial charge on any atom is 0.326 e. The van der Waals surface area contributed by atoms with Gasteiger partial charge in [0.1, 0.15) is 6.04 Å². The van der Waals surface area contributed by atoms with Gasteiger partial charge in [0.25, 0.3) is 0 Å². The largest absolute Gasteiger partial charge is 0.481 e. The molecule has 0 bridgehead atoms. The molecule has 2 atom stereocenters. The van der Waals surface area contributed by atoms with Crippen LogP contribution in [0.15, 0.2) is 30.3 Å². The van der Waals surface area contributed by atoms with Gasteiger partial charge in [0, 0.05) is 6.42 Å². The molecule has 0 aliphatic carbocycles. The van der Waals surface area contributed by atoms with Gasteiger partial charge in [-0.3, -0.25) is 9.59 Å². The maximum absolute atomic E-state index is 11.6. The SMILES string of the molecule is N[C@H](CC(=O)O)C(=O)N[C@@H](Cc1ccccc1)C(=O)O. The Morgan fingerprint density at radius 2 is 1.75 bits per heavy atom. The van der Waals surface area contributed by atoms with Crippen LogP contribution in [0.4, 0.5) is 0 Å². The first kappa shape index (κ1) is 15.6. The molecule has 1 rings (SSSR count). The number of carboxylic acids is 2. The van der Waals surface area contributed by atoms with Crippen molar-refractivity contribution in [3.8, 4) is 0 Å². The van der Waals surface area contributed by atoms with E-state index in [0.29, 0.717) is 0 Å². The minimum atomic E-state index is -1.27. The lowest BCUT2D eigenvalue weighted by molar-refractivity contribution is -0.142. The highest BCUT2D eigenvalue weighted by Crippen LogP contribution is 2.04. The van der Waals surface area contributed by atoms with E-state index in [0.717, 1.165) is 5.56 Å². The molecule has 20 heavy (non-hydrogen) atoms. The fourth-order valence-corrected chi connectivity index (χ4v) is 1.61. The fourth-order valence-electron chi connectivity index (χ4n) is 1.61. The fraction of sp³-hybridized carbons (Fsp3) is 0.308. The summed E-state index contributed by atoms with van der Waals surface area (Å²) in [6.07, 6.45) is -0.453. The summed E-state index contributed by atoms with van der Waals surface area (Å²) in [7, 11) is 0. The molecule has 0 radical (unpaired) electrons. The minimum absolute atomic E-state index is 0.0989. The number of aliphatic carboxylic acids is 2. The standard InChI is InChI=1S/C13H16N2O5/c14-9(7-11(16)17)12(18)15-10(13(19)20)6-8-4-2-1-3-5-8/h1-5,9-10H,6-7,14H2,(H,15,18)(H,16,17)(H,19,20)/t9-,10+/m1/s1.